The van der Waals surface area contributed by atoms with Gasteiger partial charge in [-0.25, -0.2) is 0 Å². The van der Waals surface area contributed by atoms with E-state index < -0.39 is 0 Å². The Labute approximate surface area is 138 Å². The zero-order valence-electron chi connectivity index (χ0n) is 14.4. The van der Waals surface area contributed by atoms with Gasteiger partial charge in [0.05, 0.1) is 6.10 Å². The van der Waals surface area contributed by atoms with Gasteiger partial charge in [-0.1, -0.05) is 13.8 Å². The summed E-state index contributed by atoms with van der Waals surface area (Å²) in [5.74, 6) is 7.86. The summed E-state index contributed by atoms with van der Waals surface area (Å²) >= 11 is 0. The number of Topliss-reactive ketones (excluding diaryl/α,β-unsaturated/α-hetero) is 1. The topological polar surface area (TPSA) is 75.7 Å². The van der Waals surface area contributed by atoms with E-state index in [0.29, 0.717) is 30.0 Å². The Morgan fingerprint density at radius 1 is 1.22 bits per heavy atom. The number of nitrogens with zero attached hydrogens (tertiary/aromatic N) is 1. The monoisotopic (exact) mass is 318 g/mol. The maximum absolute atomic E-state index is 13.2. The Balaban J connectivity index is 1.70. The van der Waals surface area contributed by atoms with Gasteiger partial charge in [0.1, 0.15) is 5.78 Å². The Kier molecular flexibility index (Phi) is 3.43. The van der Waals surface area contributed by atoms with E-state index in [-0.39, 0.29) is 22.9 Å². The third-order valence-electron chi connectivity index (χ3n) is 8.22. The van der Waals surface area contributed by atoms with Crippen molar-refractivity contribution in [2.45, 2.75) is 71.3 Å². The van der Waals surface area contributed by atoms with E-state index in [2.05, 4.69) is 18.9 Å². The number of fused-ring (bicyclic) bond motifs is 5. The quantitative estimate of drug-likeness (QED) is 0.532. The minimum Gasteiger partial charge on any atom is -0.393 e. The van der Waals surface area contributed by atoms with Crippen LogP contribution >= 0.6 is 0 Å². The Hall–Kier alpha value is -0.900. The van der Waals surface area contributed by atoms with Crippen molar-refractivity contribution in [3.05, 3.63) is 0 Å². The van der Waals surface area contributed by atoms with Crippen LogP contribution in [0, 0.1) is 34.5 Å². The molecule has 0 heterocycles. The molecular formula is C19H30N2O2. The molecule has 0 aliphatic heterocycles. The van der Waals surface area contributed by atoms with Gasteiger partial charge in [0.25, 0.3) is 0 Å². The lowest BCUT2D eigenvalue weighted by Crippen LogP contribution is -2.57. The fourth-order valence-corrected chi connectivity index (χ4v) is 7.06. The second-order valence-corrected chi connectivity index (χ2v) is 9.13. The Morgan fingerprint density at radius 3 is 2.74 bits per heavy atom. The van der Waals surface area contributed by atoms with Gasteiger partial charge in [-0.3, -0.25) is 4.79 Å². The molecule has 7 atom stereocenters. The maximum atomic E-state index is 13.2. The zero-order valence-corrected chi connectivity index (χ0v) is 14.4. The predicted octanol–water partition coefficient (Wildman–Crippen LogP) is 2.88. The lowest BCUT2D eigenvalue weighted by atomic mass is 9.45. The molecule has 0 aromatic rings. The molecular weight excluding hydrogens is 288 g/mol. The van der Waals surface area contributed by atoms with E-state index >= 15 is 0 Å². The van der Waals surface area contributed by atoms with Crippen LogP contribution < -0.4 is 5.84 Å². The predicted molar refractivity (Wildman–Crippen MR) is 89.7 cm³/mol. The summed E-state index contributed by atoms with van der Waals surface area (Å²) < 4.78 is 0. The largest absolute Gasteiger partial charge is 0.393 e. The highest BCUT2D eigenvalue weighted by Crippen LogP contribution is 2.64. The molecule has 0 saturated heterocycles. The standard InChI is InChI=1S/C19H30N2O2/c1-18-8-7-12(22)9-11(18)3-4-13-14-5-6-16(21-20)19(14,2)10-15(23)17(13)18/h11-14,17,22H,3-10,20H2,1-2H3/t11-,12-,13+,14+,17-,18+,19+/m1/s1. The first kappa shape index (κ1) is 15.6. The van der Waals surface area contributed by atoms with Crippen molar-refractivity contribution >= 4 is 11.5 Å². The molecule has 4 aliphatic carbocycles. The molecule has 4 fully saturated rings. The highest BCUT2D eigenvalue weighted by Gasteiger charge is 2.62. The Morgan fingerprint density at radius 2 is 2.00 bits per heavy atom. The second-order valence-electron chi connectivity index (χ2n) is 9.13. The number of aliphatic hydroxyl groups is 1. The number of aliphatic hydroxyl groups excluding tert-OH is 1. The molecule has 0 radical (unpaired) electrons. The number of hydrogen-bond donors (Lipinski definition) is 2. The molecule has 4 aliphatic rings. The second kappa shape index (κ2) is 5.05. The summed E-state index contributed by atoms with van der Waals surface area (Å²) in [5, 5.41) is 14.1. The van der Waals surface area contributed by atoms with E-state index in [1.54, 1.807) is 0 Å². The van der Waals surface area contributed by atoms with Crippen LogP contribution in [0.4, 0.5) is 0 Å². The molecule has 4 saturated carbocycles. The number of hydrogen-bond acceptors (Lipinski definition) is 4. The van der Waals surface area contributed by atoms with Crippen molar-refractivity contribution in [2.75, 3.05) is 0 Å². The normalized spacial score (nSPS) is 54.5. The van der Waals surface area contributed by atoms with Crippen LogP contribution in [-0.4, -0.2) is 22.7 Å². The first-order chi connectivity index (χ1) is 10.9. The van der Waals surface area contributed by atoms with Gasteiger partial charge in [0, 0.05) is 23.5 Å². The van der Waals surface area contributed by atoms with Gasteiger partial charge in [-0.2, -0.15) is 5.10 Å². The van der Waals surface area contributed by atoms with Crippen LogP contribution in [0.25, 0.3) is 0 Å². The third kappa shape index (κ3) is 2.00. The van der Waals surface area contributed by atoms with Gasteiger partial charge in [-0.05, 0) is 68.1 Å². The highest BCUT2D eigenvalue weighted by molar-refractivity contribution is 5.98. The fraction of sp³-hybridized carbons (Fsp3) is 0.895. The summed E-state index contributed by atoms with van der Waals surface area (Å²) in [6.07, 6.45) is 7.65. The number of ketones is 1. The SMILES string of the molecule is C[C@]12CC[C@@H](O)C[C@H]1CC[C@@H]1[C@@H]2C(=O)C[C@]2(C)C(=NN)CC[C@@H]12. The zero-order chi connectivity index (χ0) is 16.4. The van der Waals surface area contributed by atoms with E-state index in [0.717, 1.165) is 44.2 Å². The van der Waals surface area contributed by atoms with Gasteiger partial charge in [-0.15, -0.1) is 0 Å². The molecule has 23 heavy (non-hydrogen) atoms. The average molecular weight is 318 g/mol. The van der Waals surface area contributed by atoms with Gasteiger partial charge in [0.15, 0.2) is 0 Å². The molecule has 128 valence electrons. The van der Waals surface area contributed by atoms with Gasteiger partial charge < -0.3 is 10.9 Å². The molecule has 0 spiro atoms. The van der Waals surface area contributed by atoms with E-state index in [9.17, 15) is 9.90 Å². The molecule has 4 rings (SSSR count). The number of hydrazone groups is 1. The van der Waals surface area contributed by atoms with Crippen molar-refractivity contribution in [1.29, 1.82) is 0 Å². The van der Waals surface area contributed by atoms with Crippen LogP contribution in [0.2, 0.25) is 0 Å². The minimum absolute atomic E-state index is 0.0929. The Bertz CT molecular complexity index is 560. The van der Waals surface area contributed by atoms with Gasteiger partial charge in [0.2, 0.25) is 0 Å². The van der Waals surface area contributed by atoms with Crippen molar-refractivity contribution in [2.24, 2.45) is 45.4 Å². The van der Waals surface area contributed by atoms with Crippen LogP contribution in [0.3, 0.4) is 0 Å². The summed E-state index contributed by atoms with van der Waals surface area (Å²) in [6, 6.07) is 0. The number of nitrogens with two attached hydrogens (primary N) is 1. The molecule has 4 heteroatoms. The summed E-state index contributed by atoms with van der Waals surface area (Å²) in [7, 11) is 0. The van der Waals surface area contributed by atoms with Crippen LogP contribution in [0.15, 0.2) is 5.10 Å². The molecule has 0 aromatic carbocycles. The molecule has 0 bridgehead atoms. The number of carbonyl (C=O) groups is 1. The van der Waals surface area contributed by atoms with E-state index in [4.69, 9.17) is 5.84 Å². The average Bonchev–Trinajstić information content (AvgIpc) is 2.83. The first-order valence-electron chi connectivity index (χ1n) is 9.38. The summed E-state index contributed by atoms with van der Waals surface area (Å²) in [4.78, 5) is 13.2. The van der Waals surface area contributed by atoms with E-state index in [1.807, 2.05) is 0 Å². The number of carbonyl (C=O) groups excluding carboxylic acids is 1. The highest BCUT2D eigenvalue weighted by atomic mass is 16.3. The van der Waals surface area contributed by atoms with E-state index in [1.165, 1.54) is 6.42 Å². The summed E-state index contributed by atoms with van der Waals surface area (Å²) in [6.45, 7) is 4.57. The van der Waals surface area contributed by atoms with Crippen molar-refractivity contribution in [3.8, 4) is 0 Å². The molecule has 4 nitrogen and oxygen atoms in total. The minimum atomic E-state index is -0.156. The van der Waals surface area contributed by atoms with Crippen molar-refractivity contribution < 1.29 is 9.90 Å². The molecule has 0 amide bonds. The molecule has 3 N–H and O–H groups in total. The fourth-order valence-electron chi connectivity index (χ4n) is 7.06. The van der Waals surface area contributed by atoms with Crippen molar-refractivity contribution in [3.63, 3.8) is 0 Å². The smallest absolute Gasteiger partial charge is 0.137 e. The third-order valence-corrected chi connectivity index (χ3v) is 8.22. The van der Waals surface area contributed by atoms with Crippen LogP contribution in [-0.2, 0) is 4.79 Å². The molecule has 0 aromatic heterocycles. The van der Waals surface area contributed by atoms with Crippen molar-refractivity contribution in [1.82, 2.24) is 0 Å². The summed E-state index contributed by atoms with van der Waals surface area (Å²) in [5.41, 5.74) is 1.08. The number of rotatable bonds is 0. The molecule has 0 unspecified atom stereocenters. The lowest BCUT2D eigenvalue weighted by molar-refractivity contribution is -0.156. The van der Waals surface area contributed by atoms with Crippen LogP contribution in [0.5, 0.6) is 0 Å². The lowest BCUT2D eigenvalue weighted by Gasteiger charge is -2.59. The van der Waals surface area contributed by atoms with Crippen LogP contribution in [0.1, 0.15) is 65.2 Å². The first-order valence-corrected chi connectivity index (χ1v) is 9.38. The van der Waals surface area contributed by atoms with Gasteiger partial charge >= 0.3 is 0 Å². The maximum Gasteiger partial charge on any atom is 0.137 e.